The highest BCUT2D eigenvalue weighted by Gasteiger charge is 2.52. The summed E-state index contributed by atoms with van der Waals surface area (Å²) in [7, 11) is 1.42. The number of fused-ring (bicyclic) bond motifs is 2. The predicted octanol–water partition coefficient (Wildman–Crippen LogP) is 2.63. The van der Waals surface area contributed by atoms with Crippen molar-refractivity contribution in [3.05, 3.63) is 34.1 Å². The van der Waals surface area contributed by atoms with Gasteiger partial charge in [0.05, 0.1) is 18.1 Å². The number of rotatable bonds is 5. The van der Waals surface area contributed by atoms with Gasteiger partial charge in [0.15, 0.2) is 5.82 Å². The molecule has 1 amide bonds. The van der Waals surface area contributed by atoms with Crippen molar-refractivity contribution < 1.29 is 37.7 Å². The molecule has 2 unspecified atom stereocenters. The van der Waals surface area contributed by atoms with E-state index in [1.807, 2.05) is 0 Å². The molecule has 4 rings (SSSR count). The van der Waals surface area contributed by atoms with Crippen LogP contribution < -0.4 is 25.8 Å². The highest BCUT2D eigenvalue weighted by Crippen LogP contribution is 2.42. The number of hydrogen-bond donors (Lipinski definition) is 3. The number of nitrogens with one attached hydrogen (secondary N) is 2. The molecule has 2 aliphatic heterocycles. The Labute approximate surface area is 204 Å². The van der Waals surface area contributed by atoms with Gasteiger partial charge in [-0.25, -0.2) is 18.4 Å². The van der Waals surface area contributed by atoms with Crippen molar-refractivity contribution in [2.75, 3.05) is 43.6 Å². The second kappa shape index (κ2) is 9.12. The van der Waals surface area contributed by atoms with E-state index >= 15 is 8.78 Å². The summed E-state index contributed by atoms with van der Waals surface area (Å²) in [6, 6.07) is 0.860. The summed E-state index contributed by atoms with van der Waals surface area (Å²) in [6.07, 6.45) is -0.733. The Hall–Kier alpha value is -3.61. The van der Waals surface area contributed by atoms with Crippen LogP contribution >= 0.6 is 0 Å². The number of ether oxygens (including phenoxy) is 3. The zero-order valence-corrected chi connectivity index (χ0v) is 20.3. The number of nitrogens with zero attached hydrogens (tertiary/aromatic N) is 2. The minimum absolute atomic E-state index is 0.0941. The zero-order chi connectivity index (χ0) is 26.4. The smallest absolute Gasteiger partial charge is 0.449 e. The lowest BCUT2D eigenvalue weighted by atomic mass is 9.91. The Kier molecular flexibility index (Phi) is 6.45. The van der Waals surface area contributed by atoms with Crippen molar-refractivity contribution >= 4 is 28.8 Å². The van der Waals surface area contributed by atoms with E-state index in [0.29, 0.717) is 13.0 Å². The van der Waals surface area contributed by atoms with Gasteiger partial charge in [-0.15, -0.1) is 0 Å². The first-order valence-electron chi connectivity index (χ1n) is 11.4. The number of alkyl carbamates (subject to hydrolysis) is 1. The van der Waals surface area contributed by atoms with Crippen molar-refractivity contribution in [1.82, 2.24) is 9.99 Å². The lowest BCUT2D eigenvalue weighted by Gasteiger charge is -2.30. The molecule has 36 heavy (non-hydrogen) atoms. The Balaban J connectivity index is 1.69. The predicted molar refractivity (Wildman–Crippen MR) is 125 cm³/mol. The Morgan fingerprint density at radius 2 is 2.06 bits per heavy atom. The third-order valence-corrected chi connectivity index (χ3v) is 6.31. The van der Waals surface area contributed by atoms with Gasteiger partial charge in [-0.1, -0.05) is 0 Å². The van der Waals surface area contributed by atoms with E-state index in [9.17, 15) is 14.4 Å². The summed E-state index contributed by atoms with van der Waals surface area (Å²) < 4.78 is 47.9. The molecule has 2 fully saturated rings. The molecule has 3 N–H and O–H groups in total. The molecule has 2 aliphatic rings. The SMILES string of the molecule is CNn1cc(OC(=O)O)c(=O)c2cc(F)c(N3CC4CCOC4(CNC(=O)OC(C)(C)C)C3)c(F)c21. The highest BCUT2D eigenvalue weighted by molar-refractivity contribution is 5.86. The van der Waals surface area contributed by atoms with Crippen LogP contribution in [0, 0.1) is 17.6 Å². The average molecular weight is 510 g/mol. The van der Waals surface area contributed by atoms with E-state index in [1.165, 1.54) is 11.9 Å². The Morgan fingerprint density at radius 1 is 1.33 bits per heavy atom. The first-order valence-corrected chi connectivity index (χ1v) is 11.4. The standard InChI is InChI=1S/C23H28F2N4O7/c1-22(2,3)36-20(31)27-10-23-11-28(8-12(23)5-6-34-23)18-14(24)7-13-17(16(18)25)29(26-4)9-15(19(13)30)35-21(32)33/h7,9,12,26H,5-6,8,10-11H2,1-4H3,(H,27,31)(H,32,33). The molecule has 3 heterocycles. The summed E-state index contributed by atoms with van der Waals surface area (Å²) >= 11 is 0. The molecule has 0 spiro atoms. The number of carbonyl (C=O) groups excluding carboxylic acids is 1. The van der Waals surface area contributed by atoms with Crippen LogP contribution in [0.1, 0.15) is 27.2 Å². The molecule has 1 aromatic heterocycles. The normalized spacial score (nSPS) is 21.4. The molecule has 0 saturated carbocycles. The van der Waals surface area contributed by atoms with Crippen LogP contribution in [0.25, 0.3) is 10.9 Å². The molecular formula is C23H28F2N4O7. The monoisotopic (exact) mass is 510 g/mol. The van der Waals surface area contributed by atoms with Crippen molar-refractivity contribution in [3.63, 3.8) is 0 Å². The summed E-state index contributed by atoms with van der Waals surface area (Å²) in [4.78, 5) is 37.3. The van der Waals surface area contributed by atoms with Crippen LogP contribution in [-0.2, 0) is 9.47 Å². The van der Waals surface area contributed by atoms with Gasteiger partial charge >= 0.3 is 12.2 Å². The number of carbonyl (C=O) groups is 2. The molecule has 0 aliphatic carbocycles. The lowest BCUT2D eigenvalue weighted by Crippen LogP contribution is -2.49. The van der Waals surface area contributed by atoms with Gasteiger partial charge in [0.25, 0.3) is 0 Å². The van der Waals surface area contributed by atoms with Crippen LogP contribution in [0.2, 0.25) is 0 Å². The lowest BCUT2D eigenvalue weighted by molar-refractivity contribution is -0.000290. The van der Waals surface area contributed by atoms with Crippen LogP contribution in [0.4, 0.5) is 24.1 Å². The topological polar surface area (TPSA) is 131 Å². The van der Waals surface area contributed by atoms with Gasteiger partial charge in [0.2, 0.25) is 11.2 Å². The van der Waals surface area contributed by atoms with E-state index < -0.39 is 51.6 Å². The third kappa shape index (κ3) is 4.62. The van der Waals surface area contributed by atoms with Gasteiger partial charge in [0, 0.05) is 32.7 Å². The van der Waals surface area contributed by atoms with E-state index in [0.717, 1.165) is 16.9 Å². The molecule has 2 aromatic rings. The fourth-order valence-electron chi connectivity index (χ4n) is 4.84. The summed E-state index contributed by atoms with van der Waals surface area (Å²) in [5.41, 5.74) is -0.520. The van der Waals surface area contributed by atoms with Crippen molar-refractivity contribution in [3.8, 4) is 5.75 Å². The van der Waals surface area contributed by atoms with Crippen LogP contribution in [0.15, 0.2) is 17.1 Å². The highest BCUT2D eigenvalue weighted by atomic mass is 19.1. The summed E-state index contributed by atoms with van der Waals surface area (Å²) in [6.45, 7) is 6.12. The minimum atomic E-state index is -1.74. The summed E-state index contributed by atoms with van der Waals surface area (Å²) in [5.74, 6) is -2.72. The fraction of sp³-hybridized carbons (Fsp3) is 0.522. The molecule has 196 valence electrons. The van der Waals surface area contributed by atoms with Gasteiger partial charge in [0.1, 0.15) is 28.2 Å². The van der Waals surface area contributed by atoms with Crippen molar-refractivity contribution in [2.45, 2.75) is 38.4 Å². The second-order valence-electron chi connectivity index (χ2n) is 9.84. The van der Waals surface area contributed by atoms with E-state index in [1.54, 1.807) is 20.8 Å². The van der Waals surface area contributed by atoms with E-state index in [4.69, 9.17) is 14.6 Å². The van der Waals surface area contributed by atoms with E-state index in [2.05, 4.69) is 15.5 Å². The number of pyridine rings is 1. The first kappa shape index (κ1) is 25.5. The average Bonchev–Trinajstić information content (AvgIpc) is 3.30. The maximum absolute atomic E-state index is 15.8. The molecule has 2 saturated heterocycles. The van der Waals surface area contributed by atoms with Crippen LogP contribution in [0.3, 0.4) is 0 Å². The van der Waals surface area contributed by atoms with Crippen molar-refractivity contribution in [2.24, 2.45) is 5.92 Å². The number of anilines is 1. The maximum atomic E-state index is 15.8. The van der Waals surface area contributed by atoms with Gasteiger partial charge in [-0.2, -0.15) is 0 Å². The number of aromatic nitrogens is 1. The van der Waals surface area contributed by atoms with Crippen LogP contribution in [0.5, 0.6) is 5.75 Å². The van der Waals surface area contributed by atoms with Gasteiger partial charge in [-0.05, 0) is 33.3 Å². The zero-order valence-electron chi connectivity index (χ0n) is 20.3. The summed E-state index contributed by atoms with van der Waals surface area (Å²) in [5, 5.41) is 11.2. The first-order chi connectivity index (χ1) is 16.8. The quantitative estimate of drug-likeness (QED) is 0.520. The number of carboxylic acid groups (broad SMARTS) is 1. The van der Waals surface area contributed by atoms with Crippen LogP contribution in [-0.4, -0.2) is 66.5 Å². The number of benzene rings is 1. The largest absolute Gasteiger partial charge is 0.511 e. The minimum Gasteiger partial charge on any atom is -0.449 e. The van der Waals surface area contributed by atoms with Crippen molar-refractivity contribution in [1.29, 1.82) is 0 Å². The molecule has 0 bridgehead atoms. The third-order valence-electron chi connectivity index (χ3n) is 6.31. The van der Waals surface area contributed by atoms with E-state index in [-0.39, 0.29) is 36.8 Å². The fourth-order valence-corrected chi connectivity index (χ4v) is 4.84. The number of amides is 1. The Morgan fingerprint density at radius 3 is 2.69 bits per heavy atom. The molecular weight excluding hydrogens is 482 g/mol. The molecule has 13 heteroatoms. The van der Waals surface area contributed by atoms with Gasteiger partial charge < -0.3 is 35.0 Å². The molecule has 1 aromatic carbocycles. The molecule has 0 radical (unpaired) electrons. The van der Waals surface area contributed by atoms with Gasteiger partial charge in [-0.3, -0.25) is 9.47 Å². The molecule has 11 nitrogen and oxygen atoms in total. The second-order valence-corrected chi connectivity index (χ2v) is 9.84. The molecule has 2 atom stereocenters. The Bertz CT molecular complexity index is 1280. The number of hydrogen-bond acceptors (Lipinski definition) is 8. The number of halogens is 2. The maximum Gasteiger partial charge on any atom is 0.511 e.